The second kappa shape index (κ2) is 8.02. The number of nitrogens with one attached hydrogen (secondary N) is 3. The average Bonchev–Trinajstić information content (AvgIpc) is 2.45. The summed E-state index contributed by atoms with van der Waals surface area (Å²) in [4.78, 5) is 34.6. The number of rotatable bonds is 6. The first kappa shape index (κ1) is 17.5. The highest BCUT2D eigenvalue weighted by molar-refractivity contribution is 5.98. The van der Waals surface area contributed by atoms with Crippen LogP contribution in [-0.4, -0.2) is 30.9 Å². The molecule has 1 atom stereocenters. The fourth-order valence-electron chi connectivity index (χ4n) is 1.95. The summed E-state index contributed by atoms with van der Waals surface area (Å²) in [6.45, 7) is 3.89. The second-order valence-corrected chi connectivity index (χ2v) is 5.34. The predicted octanol–water partition coefficient (Wildman–Crippen LogP) is 1.07. The molecule has 7 nitrogen and oxygen atoms in total. The van der Waals surface area contributed by atoms with E-state index in [4.69, 9.17) is 5.73 Å². The quantitative estimate of drug-likeness (QED) is 0.630. The van der Waals surface area contributed by atoms with Crippen molar-refractivity contribution in [3.63, 3.8) is 0 Å². The van der Waals surface area contributed by atoms with Crippen molar-refractivity contribution < 1.29 is 14.4 Å². The van der Waals surface area contributed by atoms with Crippen LogP contribution in [0.1, 0.15) is 30.6 Å². The third-order valence-electron chi connectivity index (χ3n) is 2.98. The van der Waals surface area contributed by atoms with E-state index in [2.05, 4.69) is 16.0 Å². The summed E-state index contributed by atoms with van der Waals surface area (Å²) in [6, 6.07) is 5.02. The molecule has 0 aliphatic heterocycles. The van der Waals surface area contributed by atoms with Gasteiger partial charge in [0.25, 0.3) is 5.91 Å². The molecular weight excluding hydrogens is 284 g/mol. The van der Waals surface area contributed by atoms with Gasteiger partial charge in [0.2, 0.25) is 5.91 Å². The lowest BCUT2D eigenvalue weighted by Crippen LogP contribution is -2.46. The number of carbonyl (C=O) groups excluding carboxylic acids is 3. The largest absolute Gasteiger partial charge is 0.355 e. The molecule has 120 valence electrons. The fraction of sp³-hybridized carbons (Fsp3) is 0.400. The first-order chi connectivity index (χ1) is 10.3. The molecule has 0 aliphatic carbocycles. The van der Waals surface area contributed by atoms with Gasteiger partial charge in [0.05, 0.1) is 0 Å². The molecule has 5 N–H and O–H groups in total. The summed E-state index contributed by atoms with van der Waals surface area (Å²) < 4.78 is 0. The van der Waals surface area contributed by atoms with E-state index in [1.807, 2.05) is 13.8 Å². The van der Waals surface area contributed by atoms with Crippen LogP contribution in [0.4, 0.5) is 10.5 Å². The minimum Gasteiger partial charge on any atom is -0.355 e. The number of hydrogen-bond donors (Lipinski definition) is 4. The maximum absolute atomic E-state index is 12.2. The number of anilines is 1. The van der Waals surface area contributed by atoms with Gasteiger partial charge in [-0.15, -0.1) is 0 Å². The number of hydrogen-bond acceptors (Lipinski definition) is 3. The summed E-state index contributed by atoms with van der Waals surface area (Å²) in [6.07, 6.45) is 0.477. The Morgan fingerprint density at radius 2 is 1.73 bits per heavy atom. The molecule has 0 unspecified atom stereocenters. The highest BCUT2D eigenvalue weighted by Gasteiger charge is 2.21. The molecule has 0 aliphatic rings. The lowest BCUT2D eigenvalue weighted by Gasteiger charge is -2.19. The molecule has 1 rings (SSSR count). The van der Waals surface area contributed by atoms with Crippen LogP contribution in [0.5, 0.6) is 0 Å². The molecule has 1 aromatic carbocycles. The molecule has 0 bridgehead atoms. The molecule has 0 aromatic heterocycles. The lowest BCUT2D eigenvalue weighted by molar-refractivity contribution is -0.118. The molecule has 0 saturated heterocycles. The zero-order chi connectivity index (χ0) is 16.7. The Bertz CT molecular complexity index is 540. The van der Waals surface area contributed by atoms with Gasteiger partial charge in [-0.05, 0) is 36.6 Å². The van der Waals surface area contributed by atoms with Crippen LogP contribution in [0, 0.1) is 5.92 Å². The number of nitrogens with two attached hydrogens (primary N) is 1. The highest BCUT2D eigenvalue weighted by atomic mass is 16.2. The van der Waals surface area contributed by atoms with E-state index in [0.29, 0.717) is 17.7 Å². The Morgan fingerprint density at radius 3 is 2.18 bits per heavy atom. The Balaban J connectivity index is 2.75. The summed E-state index contributed by atoms with van der Waals surface area (Å²) in [5, 5.41) is 7.64. The van der Waals surface area contributed by atoms with Crippen LogP contribution in [-0.2, 0) is 4.79 Å². The van der Waals surface area contributed by atoms with Crippen molar-refractivity contribution in [1.82, 2.24) is 10.6 Å². The minimum atomic E-state index is -0.740. The SMILES string of the molecule is CNC(=O)c1ccc(NC(=O)[C@@H](CC(C)C)NC(N)=O)cc1. The van der Waals surface area contributed by atoms with Crippen molar-refractivity contribution in [1.29, 1.82) is 0 Å². The molecule has 0 radical (unpaired) electrons. The highest BCUT2D eigenvalue weighted by Crippen LogP contribution is 2.12. The number of urea groups is 1. The smallest absolute Gasteiger partial charge is 0.312 e. The molecule has 4 amide bonds. The maximum Gasteiger partial charge on any atom is 0.312 e. The van der Waals surface area contributed by atoms with Gasteiger partial charge >= 0.3 is 6.03 Å². The van der Waals surface area contributed by atoms with Gasteiger partial charge in [-0.25, -0.2) is 4.79 Å². The van der Waals surface area contributed by atoms with Crippen LogP contribution >= 0.6 is 0 Å². The topological polar surface area (TPSA) is 113 Å². The van der Waals surface area contributed by atoms with Gasteiger partial charge < -0.3 is 21.7 Å². The van der Waals surface area contributed by atoms with Crippen LogP contribution in [0.25, 0.3) is 0 Å². The Kier molecular flexibility index (Phi) is 6.37. The molecule has 1 aromatic rings. The average molecular weight is 306 g/mol. The van der Waals surface area contributed by atoms with Gasteiger partial charge in [0, 0.05) is 18.3 Å². The van der Waals surface area contributed by atoms with E-state index in [9.17, 15) is 14.4 Å². The van der Waals surface area contributed by atoms with E-state index in [0.717, 1.165) is 0 Å². The van der Waals surface area contributed by atoms with E-state index in [-0.39, 0.29) is 17.7 Å². The first-order valence-electron chi connectivity index (χ1n) is 7.02. The number of primary amides is 1. The van der Waals surface area contributed by atoms with Crippen LogP contribution in [0.2, 0.25) is 0 Å². The van der Waals surface area contributed by atoms with Crippen LogP contribution in [0.3, 0.4) is 0 Å². The predicted molar refractivity (Wildman–Crippen MR) is 84.4 cm³/mol. The first-order valence-corrected chi connectivity index (χ1v) is 7.02. The molecule has 0 fully saturated rings. The van der Waals surface area contributed by atoms with Gasteiger partial charge in [-0.3, -0.25) is 9.59 Å². The van der Waals surface area contributed by atoms with Gasteiger partial charge in [0.1, 0.15) is 6.04 Å². The monoisotopic (exact) mass is 306 g/mol. The lowest BCUT2D eigenvalue weighted by atomic mass is 10.0. The van der Waals surface area contributed by atoms with Gasteiger partial charge in [0.15, 0.2) is 0 Å². The molecular formula is C15H22N4O3. The standard InChI is InChI=1S/C15H22N4O3/c1-9(2)8-12(19-15(16)22)14(21)18-11-6-4-10(5-7-11)13(20)17-3/h4-7,9,12H,8H2,1-3H3,(H,17,20)(H,18,21)(H3,16,19,22)/t12-/m1/s1. The number of carbonyl (C=O) groups is 3. The Hall–Kier alpha value is -2.57. The Labute approximate surface area is 129 Å². The van der Waals surface area contributed by atoms with Crippen LogP contribution < -0.4 is 21.7 Å². The molecule has 22 heavy (non-hydrogen) atoms. The van der Waals surface area contributed by atoms with Crippen molar-refractivity contribution in [2.45, 2.75) is 26.3 Å². The van der Waals surface area contributed by atoms with Gasteiger partial charge in [-0.2, -0.15) is 0 Å². The fourth-order valence-corrected chi connectivity index (χ4v) is 1.95. The summed E-state index contributed by atoms with van der Waals surface area (Å²) >= 11 is 0. The summed E-state index contributed by atoms with van der Waals surface area (Å²) in [5.41, 5.74) is 6.13. The third-order valence-corrected chi connectivity index (χ3v) is 2.98. The normalized spacial score (nSPS) is 11.6. The van der Waals surface area contributed by atoms with Crippen molar-refractivity contribution in [3.8, 4) is 0 Å². The number of benzene rings is 1. The van der Waals surface area contributed by atoms with E-state index >= 15 is 0 Å². The van der Waals surface area contributed by atoms with Gasteiger partial charge in [-0.1, -0.05) is 13.8 Å². The van der Waals surface area contributed by atoms with Crippen molar-refractivity contribution in [2.75, 3.05) is 12.4 Å². The maximum atomic E-state index is 12.2. The minimum absolute atomic E-state index is 0.203. The zero-order valence-electron chi connectivity index (χ0n) is 13.0. The van der Waals surface area contributed by atoms with Crippen molar-refractivity contribution in [2.24, 2.45) is 11.7 Å². The van der Waals surface area contributed by atoms with E-state index < -0.39 is 12.1 Å². The van der Waals surface area contributed by atoms with Crippen molar-refractivity contribution in [3.05, 3.63) is 29.8 Å². The van der Waals surface area contributed by atoms with Crippen LogP contribution in [0.15, 0.2) is 24.3 Å². The zero-order valence-corrected chi connectivity index (χ0v) is 13.0. The molecule has 0 spiro atoms. The molecule has 0 heterocycles. The molecule has 7 heteroatoms. The van der Waals surface area contributed by atoms with E-state index in [1.54, 1.807) is 31.3 Å². The summed E-state index contributed by atoms with van der Waals surface area (Å²) in [5.74, 6) is -0.329. The van der Waals surface area contributed by atoms with E-state index in [1.165, 1.54) is 0 Å². The number of amides is 4. The second-order valence-electron chi connectivity index (χ2n) is 5.34. The molecule has 0 saturated carbocycles. The third kappa shape index (κ3) is 5.43. The summed E-state index contributed by atoms with van der Waals surface area (Å²) in [7, 11) is 1.55. The van der Waals surface area contributed by atoms with Crippen molar-refractivity contribution >= 4 is 23.5 Å². The Morgan fingerprint density at radius 1 is 1.14 bits per heavy atom.